The van der Waals surface area contributed by atoms with E-state index in [-0.39, 0.29) is 5.91 Å². The Morgan fingerprint density at radius 1 is 1.50 bits per heavy atom. The van der Waals surface area contributed by atoms with E-state index in [0.29, 0.717) is 11.6 Å². The first-order chi connectivity index (χ1) is 8.70. The van der Waals surface area contributed by atoms with E-state index >= 15 is 0 Å². The van der Waals surface area contributed by atoms with Gasteiger partial charge in [0.25, 0.3) is 5.91 Å². The van der Waals surface area contributed by atoms with Crippen LogP contribution in [0.1, 0.15) is 43.5 Å². The first kappa shape index (κ1) is 12.9. The normalized spacial score (nSPS) is 22.8. The molecule has 0 bridgehead atoms. The molecular formula is C14H21N3O. The van der Waals surface area contributed by atoms with Crippen LogP contribution in [0.3, 0.4) is 0 Å². The van der Waals surface area contributed by atoms with Gasteiger partial charge in [0.1, 0.15) is 0 Å². The number of hydrogen-bond acceptors (Lipinski definition) is 3. The van der Waals surface area contributed by atoms with Crippen molar-refractivity contribution in [1.29, 1.82) is 0 Å². The lowest BCUT2D eigenvalue weighted by Gasteiger charge is -2.14. The highest BCUT2D eigenvalue weighted by atomic mass is 16.1. The SMILES string of the molecule is CCNc1cnccc1C(=O)NC1CCC(C)C1. The van der Waals surface area contributed by atoms with Crippen LogP contribution in [0, 0.1) is 5.92 Å². The molecule has 1 fully saturated rings. The van der Waals surface area contributed by atoms with E-state index in [9.17, 15) is 4.79 Å². The third-order valence-electron chi connectivity index (χ3n) is 3.46. The van der Waals surface area contributed by atoms with E-state index in [1.54, 1.807) is 18.5 Å². The van der Waals surface area contributed by atoms with Gasteiger partial charge in [-0.25, -0.2) is 0 Å². The maximum Gasteiger partial charge on any atom is 0.253 e. The van der Waals surface area contributed by atoms with E-state index in [1.807, 2.05) is 6.92 Å². The van der Waals surface area contributed by atoms with Gasteiger partial charge in [-0.2, -0.15) is 0 Å². The van der Waals surface area contributed by atoms with Crippen LogP contribution >= 0.6 is 0 Å². The van der Waals surface area contributed by atoms with Crippen molar-refractivity contribution in [2.75, 3.05) is 11.9 Å². The lowest BCUT2D eigenvalue weighted by atomic mass is 10.1. The minimum Gasteiger partial charge on any atom is -0.383 e. The number of hydrogen-bond donors (Lipinski definition) is 2. The smallest absolute Gasteiger partial charge is 0.253 e. The molecule has 0 aromatic carbocycles. The van der Waals surface area contributed by atoms with Crippen molar-refractivity contribution in [3.8, 4) is 0 Å². The number of carbonyl (C=O) groups is 1. The fraction of sp³-hybridized carbons (Fsp3) is 0.571. The number of nitrogens with zero attached hydrogens (tertiary/aromatic N) is 1. The molecule has 18 heavy (non-hydrogen) atoms. The van der Waals surface area contributed by atoms with Crippen LogP contribution < -0.4 is 10.6 Å². The Hall–Kier alpha value is -1.58. The highest BCUT2D eigenvalue weighted by Crippen LogP contribution is 2.25. The van der Waals surface area contributed by atoms with Crippen molar-refractivity contribution in [1.82, 2.24) is 10.3 Å². The van der Waals surface area contributed by atoms with Crippen molar-refractivity contribution in [3.63, 3.8) is 0 Å². The summed E-state index contributed by atoms with van der Waals surface area (Å²) in [4.78, 5) is 16.3. The van der Waals surface area contributed by atoms with Gasteiger partial charge in [-0.3, -0.25) is 9.78 Å². The zero-order valence-corrected chi connectivity index (χ0v) is 11.1. The van der Waals surface area contributed by atoms with Crippen LogP contribution in [0.2, 0.25) is 0 Å². The fourth-order valence-electron chi connectivity index (χ4n) is 2.53. The van der Waals surface area contributed by atoms with Crippen molar-refractivity contribution in [3.05, 3.63) is 24.0 Å². The zero-order chi connectivity index (χ0) is 13.0. The molecule has 1 aliphatic carbocycles. The maximum absolute atomic E-state index is 12.2. The van der Waals surface area contributed by atoms with Gasteiger partial charge < -0.3 is 10.6 Å². The lowest BCUT2D eigenvalue weighted by Crippen LogP contribution is -2.33. The highest BCUT2D eigenvalue weighted by molar-refractivity contribution is 5.99. The van der Waals surface area contributed by atoms with Gasteiger partial charge in [0.2, 0.25) is 0 Å². The van der Waals surface area contributed by atoms with Gasteiger partial charge in [-0.1, -0.05) is 6.92 Å². The monoisotopic (exact) mass is 247 g/mol. The molecule has 1 aliphatic rings. The van der Waals surface area contributed by atoms with Crippen LogP contribution in [-0.4, -0.2) is 23.5 Å². The molecule has 0 spiro atoms. The predicted molar refractivity (Wildman–Crippen MR) is 72.7 cm³/mol. The Labute approximate surface area is 108 Å². The molecule has 4 heteroatoms. The molecule has 2 unspecified atom stereocenters. The van der Waals surface area contributed by atoms with E-state index in [2.05, 4.69) is 22.5 Å². The summed E-state index contributed by atoms with van der Waals surface area (Å²) in [6.45, 7) is 5.03. The first-order valence-electron chi connectivity index (χ1n) is 6.69. The maximum atomic E-state index is 12.2. The topological polar surface area (TPSA) is 54.0 Å². The average Bonchev–Trinajstić information content (AvgIpc) is 2.76. The third-order valence-corrected chi connectivity index (χ3v) is 3.46. The van der Waals surface area contributed by atoms with Gasteiger partial charge in [-0.05, 0) is 38.2 Å². The number of pyridine rings is 1. The van der Waals surface area contributed by atoms with Crippen molar-refractivity contribution in [2.24, 2.45) is 5.92 Å². The number of rotatable bonds is 4. The molecule has 4 nitrogen and oxygen atoms in total. The highest BCUT2D eigenvalue weighted by Gasteiger charge is 2.23. The molecule has 0 aliphatic heterocycles. The summed E-state index contributed by atoms with van der Waals surface area (Å²) in [6.07, 6.45) is 6.76. The average molecular weight is 247 g/mol. The summed E-state index contributed by atoms with van der Waals surface area (Å²) >= 11 is 0. The van der Waals surface area contributed by atoms with E-state index in [1.165, 1.54) is 6.42 Å². The van der Waals surface area contributed by atoms with Gasteiger partial charge >= 0.3 is 0 Å². The second kappa shape index (κ2) is 5.85. The van der Waals surface area contributed by atoms with Crippen molar-refractivity contribution >= 4 is 11.6 Å². The Bertz CT molecular complexity index is 419. The summed E-state index contributed by atoms with van der Waals surface area (Å²) in [7, 11) is 0. The molecule has 2 atom stereocenters. The summed E-state index contributed by atoms with van der Waals surface area (Å²) in [6, 6.07) is 2.10. The molecule has 2 rings (SSSR count). The van der Waals surface area contributed by atoms with Crippen LogP contribution in [0.5, 0.6) is 0 Å². The van der Waals surface area contributed by atoms with Crippen LogP contribution in [0.4, 0.5) is 5.69 Å². The van der Waals surface area contributed by atoms with Gasteiger partial charge in [-0.15, -0.1) is 0 Å². The second-order valence-electron chi connectivity index (χ2n) is 5.04. The predicted octanol–water partition coefficient (Wildman–Crippen LogP) is 2.43. The Kier molecular flexibility index (Phi) is 4.18. The molecule has 0 radical (unpaired) electrons. The Morgan fingerprint density at radius 2 is 2.33 bits per heavy atom. The number of anilines is 1. The standard InChI is InChI=1S/C14H21N3O/c1-3-16-13-9-15-7-6-12(13)14(18)17-11-5-4-10(2)8-11/h6-7,9-11,16H,3-5,8H2,1-2H3,(H,17,18). The van der Waals surface area contributed by atoms with E-state index < -0.39 is 0 Å². The fourth-order valence-corrected chi connectivity index (χ4v) is 2.53. The summed E-state index contributed by atoms with van der Waals surface area (Å²) in [5, 5.41) is 6.29. The van der Waals surface area contributed by atoms with Gasteiger partial charge in [0, 0.05) is 18.8 Å². The molecule has 1 amide bonds. The molecule has 98 valence electrons. The van der Waals surface area contributed by atoms with Gasteiger partial charge in [0.05, 0.1) is 17.4 Å². The number of aromatic nitrogens is 1. The van der Waals surface area contributed by atoms with E-state index in [0.717, 1.165) is 31.0 Å². The molecule has 1 aromatic heterocycles. The summed E-state index contributed by atoms with van der Waals surface area (Å²) < 4.78 is 0. The number of nitrogens with one attached hydrogen (secondary N) is 2. The summed E-state index contributed by atoms with van der Waals surface area (Å²) in [5.74, 6) is 0.730. The minimum absolute atomic E-state index is 0.00690. The van der Waals surface area contributed by atoms with Gasteiger partial charge in [0.15, 0.2) is 0 Å². The zero-order valence-electron chi connectivity index (χ0n) is 11.1. The van der Waals surface area contributed by atoms with Crippen LogP contribution in [0.25, 0.3) is 0 Å². The first-order valence-corrected chi connectivity index (χ1v) is 6.69. The van der Waals surface area contributed by atoms with Crippen molar-refractivity contribution < 1.29 is 4.79 Å². The number of amides is 1. The Morgan fingerprint density at radius 3 is 3.00 bits per heavy atom. The Balaban J connectivity index is 2.04. The molecule has 1 aromatic rings. The minimum atomic E-state index is 0.00690. The second-order valence-corrected chi connectivity index (χ2v) is 5.04. The van der Waals surface area contributed by atoms with Crippen LogP contribution in [0.15, 0.2) is 18.5 Å². The third kappa shape index (κ3) is 3.00. The molecular weight excluding hydrogens is 226 g/mol. The molecule has 1 heterocycles. The number of carbonyl (C=O) groups excluding carboxylic acids is 1. The lowest BCUT2D eigenvalue weighted by molar-refractivity contribution is 0.0938. The van der Waals surface area contributed by atoms with Crippen molar-refractivity contribution in [2.45, 2.75) is 39.2 Å². The summed E-state index contributed by atoms with van der Waals surface area (Å²) in [5.41, 5.74) is 1.50. The largest absolute Gasteiger partial charge is 0.383 e. The molecule has 1 saturated carbocycles. The quantitative estimate of drug-likeness (QED) is 0.859. The molecule has 0 saturated heterocycles. The van der Waals surface area contributed by atoms with Crippen LogP contribution in [-0.2, 0) is 0 Å². The molecule has 2 N–H and O–H groups in total. The van der Waals surface area contributed by atoms with E-state index in [4.69, 9.17) is 0 Å².